The molecule has 0 amide bonds. The van der Waals surface area contributed by atoms with Gasteiger partial charge in [0.15, 0.2) is 0 Å². The Morgan fingerprint density at radius 1 is 0.839 bits per heavy atom. The minimum Gasteiger partial charge on any atom is -0.252 e. The number of fused-ring (bicyclic) bond motifs is 6. The van der Waals surface area contributed by atoms with E-state index in [9.17, 15) is 0 Å². The molecule has 0 aliphatic heterocycles. The third kappa shape index (κ3) is 2.99. The molecule has 1 aliphatic carbocycles. The van der Waals surface area contributed by atoms with Crippen LogP contribution in [0.5, 0.6) is 0 Å². The fraction of sp³-hybridized carbons (Fsp3) is 0.167. The molecule has 0 saturated heterocycles. The molecular formula is C30H23N. The van der Waals surface area contributed by atoms with E-state index in [1.54, 1.807) is 0 Å². The zero-order chi connectivity index (χ0) is 20.8. The molecule has 6 rings (SSSR count). The summed E-state index contributed by atoms with van der Waals surface area (Å²) >= 11 is 0. The van der Waals surface area contributed by atoms with Crippen LogP contribution in [0.2, 0.25) is 0 Å². The molecule has 31 heavy (non-hydrogen) atoms. The maximum absolute atomic E-state index is 5.45. The van der Waals surface area contributed by atoms with Gasteiger partial charge in [-0.1, -0.05) is 60.7 Å². The van der Waals surface area contributed by atoms with Gasteiger partial charge in [0.05, 0.1) is 17.6 Å². The van der Waals surface area contributed by atoms with Crippen LogP contribution in [-0.2, 0) is 12.8 Å². The second-order valence-corrected chi connectivity index (χ2v) is 8.60. The van der Waals surface area contributed by atoms with Gasteiger partial charge in [-0.2, -0.15) is 0 Å². The molecule has 1 heteroatoms. The number of hydrogen-bond donors (Lipinski definition) is 0. The number of terminal acetylenes is 1. The molecule has 1 unspecified atom stereocenters. The Bertz CT molecular complexity index is 1500. The van der Waals surface area contributed by atoms with E-state index >= 15 is 0 Å². The zero-order valence-corrected chi connectivity index (χ0v) is 17.4. The van der Waals surface area contributed by atoms with Crippen LogP contribution in [0.25, 0.3) is 32.4 Å². The maximum atomic E-state index is 5.45. The summed E-state index contributed by atoms with van der Waals surface area (Å²) < 4.78 is 0. The molecule has 148 valence electrons. The molecular weight excluding hydrogens is 374 g/mol. The van der Waals surface area contributed by atoms with Crippen molar-refractivity contribution in [2.75, 3.05) is 0 Å². The number of pyridine rings is 1. The van der Waals surface area contributed by atoms with Gasteiger partial charge in [0.2, 0.25) is 0 Å². The van der Waals surface area contributed by atoms with Crippen molar-refractivity contribution in [3.05, 3.63) is 101 Å². The summed E-state index contributed by atoms with van der Waals surface area (Å²) in [6.45, 7) is 0. The Morgan fingerprint density at radius 3 is 2.65 bits per heavy atom. The van der Waals surface area contributed by atoms with Gasteiger partial charge in [-0.15, -0.1) is 12.3 Å². The fourth-order valence-corrected chi connectivity index (χ4v) is 5.36. The first-order chi connectivity index (χ1) is 15.3. The molecule has 4 aromatic carbocycles. The van der Waals surface area contributed by atoms with E-state index < -0.39 is 0 Å². The molecule has 0 saturated carbocycles. The van der Waals surface area contributed by atoms with Crippen molar-refractivity contribution < 1.29 is 0 Å². The Morgan fingerprint density at radius 2 is 1.71 bits per heavy atom. The van der Waals surface area contributed by atoms with E-state index in [0.717, 1.165) is 17.6 Å². The number of benzene rings is 4. The second kappa shape index (κ2) is 7.25. The van der Waals surface area contributed by atoms with E-state index in [1.165, 1.54) is 56.5 Å². The van der Waals surface area contributed by atoms with Crippen LogP contribution in [0.15, 0.2) is 78.9 Å². The molecule has 0 fully saturated rings. The lowest BCUT2D eigenvalue weighted by atomic mass is 9.76. The molecule has 1 nitrogen and oxygen atoms in total. The monoisotopic (exact) mass is 397 g/mol. The molecule has 0 radical (unpaired) electrons. The van der Waals surface area contributed by atoms with E-state index in [4.69, 9.17) is 11.4 Å². The average molecular weight is 398 g/mol. The number of hydrogen-bond acceptors (Lipinski definition) is 1. The molecule has 0 N–H and O–H groups in total. The van der Waals surface area contributed by atoms with Crippen LogP contribution >= 0.6 is 0 Å². The largest absolute Gasteiger partial charge is 0.252 e. The van der Waals surface area contributed by atoms with E-state index in [0.29, 0.717) is 12.3 Å². The Balaban J connectivity index is 1.48. The lowest BCUT2D eigenvalue weighted by Crippen LogP contribution is -2.11. The molecule has 1 atom stereocenters. The third-order valence-electron chi connectivity index (χ3n) is 6.83. The third-order valence-corrected chi connectivity index (χ3v) is 6.83. The summed E-state index contributed by atoms with van der Waals surface area (Å²) in [6.07, 6.45) is 9.61. The van der Waals surface area contributed by atoms with Crippen molar-refractivity contribution in [3.8, 4) is 12.3 Å². The second-order valence-electron chi connectivity index (χ2n) is 8.60. The number of rotatable bonds is 2. The predicted molar refractivity (Wildman–Crippen MR) is 131 cm³/mol. The zero-order valence-electron chi connectivity index (χ0n) is 17.4. The molecule has 1 aliphatic rings. The highest BCUT2D eigenvalue weighted by molar-refractivity contribution is 6.08. The van der Waals surface area contributed by atoms with Gasteiger partial charge < -0.3 is 0 Å². The van der Waals surface area contributed by atoms with Gasteiger partial charge in [0, 0.05) is 11.3 Å². The van der Waals surface area contributed by atoms with Gasteiger partial charge in [-0.3, -0.25) is 4.98 Å². The lowest BCUT2D eigenvalue weighted by Gasteiger charge is -2.28. The normalized spacial score (nSPS) is 15.8. The fourth-order valence-electron chi connectivity index (χ4n) is 5.36. The van der Waals surface area contributed by atoms with E-state index in [1.807, 2.05) is 0 Å². The van der Waals surface area contributed by atoms with Crippen LogP contribution in [0, 0.1) is 12.3 Å². The Labute approximate surface area is 182 Å². The minimum atomic E-state index is 0.439. The van der Waals surface area contributed by atoms with Crippen LogP contribution in [0.1, 0.15) is 41.1 Å². The summed E-state index contributed by atoms with van der Waals surface area (Å²) in [6, 6.07) is 29.0. The first-order valence-electron chi connectivity index (χ1n) is 11.1. The highest BCUT2D eigenvalue weighted by atomic mass is 14.7. The molecule has 0 bridgehead atoms. The maximum Gasteiger partial charge on any atom is 0.0705 e. The minimum absolute atomic E-state index is 0.439. The van der Waals surface area contributed by atoms with Gasteiger partial charge in [-0.05, 0) is 75.7 Å². The van der Waals surface area contributed by atoms with Gasteiger partial charge in [0.1, 0.15) is 0 Å². The average Bonchev–Trinajstić information content (AvgIpc) is 2.83. The van der Waals surface area contributed by atoms with Crippen LogP contribution in [-0.4, -0.2) is 4.98 Å². The van der Waals surface area contributed by atoms with Gasteiger partial charge in [-0.25, -0.2) is 0 Å². The number of aryl methyl sites for hydroxylation is 1. The first-order valence-corrected chi connectivity index (χ1v) is 11.1. The quantitative estimate of drug-likeness (QED) is 0.227. The predicted octanol–water partition coefficient (Wildman–Crippen LogP) is 7.19. The number of aromatic nitrogens is 1. The summed E-state index contributed by atoms with van der Waals surface area (Å²) in [4.78, 5) is 4.72. The molecule has 1 heterocycles. The van der Waals surface area contributed by atoms with E-state index in [-0.39, 0.29) is 0 Å². The topological polar surface area (TPSA) is 12.9 Å². The molecule has 0 spiro atoms. The van der Waals surface area contributed by atoms with Crippen LogP contribution in [0.4, 0.5) is 0 Å². The standard InChI is InChI=1S/C30H23N/c1-2-6-23-14-11-22-19-21(13-18-30(22)31-23)25-9-5-10-26-28(25)17-16-27-24-8-4-3-7-20(24)12-15-29(26)27/h1,3-4,7-8,11-19,25H,5-6,9-10H2. The SMILES string of the molecule is C#CCc1ccc2cc(C3CCCc4c3ccc3c4ccc4ccccc43)ccc2n1. The van der Waals surface area contributed by atoms with Crippen molar-refractivity contribution in [2.45, 2.75) is 31.6 Å². The Kier molecular flexibility index (Phi) is 4.25. The first kappa shape index (κ1) is 18.2. The Hall–Kier alpha value is -3.63. The highest BCUT2D eigenvalue weighted by Crippen LogP contribution is 2.41. The van der Waals surface area contributed by atoms with Crippen molar-refractivity contribution in [1.29, 1.82) is 0 Å². The van der Waals surface area contributed by atoms with Crippen LogP contribution < -0.4 is 0 Å². The summed E-state index contributed by atoms with van der Waals surface area (Å²) in [5.41, 5.74) is 6.40. The van der Waals surface area contributed by atoms with Crippen molar-refractivity contribution in [2.24, 2.45) is 0 Å². The summed E-state index contributed by atoms with van der Waals surface area (Å²) in [7, 11) is 0. The van der Waals surface area contributed by atoms with Gasteiger partial charge in [0.25, 0.3) is 0 Å². The summed E-state index contributed by atoms with van der Waals surface area (Å²) in [5.74, 6) is 3.13. The molecule has 1 aromatic heterocycles. The van der Waals surface area contributed by atoms with Crippen LogP contribution in [0.3, 0.4) is 0 Å². The van der Waals surface area contributed by atoms with Crippen molar-refractivity contribution in [3.63, 3.8) is 0 Å². The molecule has 5 aromatic rings. The number of nitrogens with zero attached hydrogens (tertiary/aromatic N) is 1. The van der Waals surface area contributed by atoms with Gasteiger partial charge >= 0.3 is 0 Å². The van der Waals surface area contributed by atoms with Crippen molar-refractivity contribution >= 4 is 32.4 Å². The smallest absolute Gasteiger partial charge is 0.0705 e. The lowest BCUT2D eigenvalue weighted by molar-refractivity contribution is 0.620. The highest BCUT2D eigenvalue weighted by Gasteiger charge is 2.24. The van der Waals surface area contributed by atoms with Crippen molar-refractivity contribution in [1.82, 2.24) is 4.98 Å². The summed E-state index contributed by atoms with van der Waals surface area (Å²) in [5, 5.41) is 6.65. The van der Waals surface area contributed by atoms with E-state index in [2.05, 4.69) is 84.8 Å².